The zero-order valence-electron chi connectivity index (χ0n) is 18.2. The summed E-state index contributed by atoms with van der Waals surface area (Å²) >= 11 is 6.44. The number of hydrogen-bond acceptors (Lipinski definition) is 6. The molecule has 0 aliphatic carbocycles. The lowest BCUT2D eigenvalue weighted by atomic mass is 10.1. The van der Waals surface area contributed by atoms with Crippen LogP contribution >= 0.6 is 23.4 Å². The summed E-state index contributed by atoms with van der Waals surface area (Å²) in [5.41, 5.74) is 0.889. The molecule has 1 aliphatic rings. The van der Waals surface area contributed by atoms with Gasteiger partial charge in [-0.1, -0.05) is 24.6 Å². The monoisotopic (exact) mass is 492 g/mol. The molecule has 33 heavy (non-hydrogen) atoms. The van der Waals surface area contributed by atoms with E-state index in [0.717, 1.165) is 29.1 Å². The first-order chi connectivity index (χ1) is 15.7. The van der Waals surface area contributed by atoms with Gasteiger partial charge in [-0.05, 0) is 67.1 Å². The van der Waals surface area contributed by atoms with Crippen LogP contribution in [0.1, 0.15) is 25.8 Å². The topological polar surface area (TPSA) is 84.9 Å². The van der Waals surface area contributed by atoms with E-state index in [0.29, 0.717) is 17.1 Å². The number of thioether (sulfide) groups is 1. The van der Waals surface area contributed by atoms with Gasteiger partial charge in [0, 0.05) is 5.69 Å². The van der Waals surface area contributed by atoms with Crippen molar-refractivity contribution in [1.29, 1.82) is 0 Å². The zero-order valence-corrected chi connectivity index (χ0v) is 19.8. The molecule has 10 heteroatoms. The van der Waals surface area contributed by atoms with Gasteiger partial charge in [0.2, 0.25) is 5.91 Å². The molecule has 1 saturated heterocycles. The maximum absolute atomic E-state index is 13.3. The van der Waals surface area contributed by atoms with Gasteiger partial charge < -0.3 is 14.8 Å². The van der Waals surface area contributed by atoms with Crippen LogP contribution in [0, 0.1) is 5.82 Å². The van der Waals surface area contributed by atoms with Crippen LogP contribution in [0.3, 0.4) is 0 Å². The van der Waals surface area contributed by atoms with E-state index in [1.807, 2.05) is 13.8 Å². The van der Waals surface area contributed by atoms with E-state index in [2.05, 4.69) is 5.32 Å². The smallest absolute Gasteiger partial charge is 0.294 e. The summed E-state index contributed by atoms with van der Waals surface area (Å²) in [6.07, 6.45) is 2.40. The van der Waals surface area contributed by atoms with Crippen molar-refractivity contribution in [2.75, 3.05) is 19.0 Å². The first-order valence-corrected chi connectivity index (χ1v) is 11.3. The fourth-order valence-electron chi connectivity index (χ4n) is 2.88. The van der Waals surface area contributed by atoms with Crippen LogP contribution in [0.2, 0.25) is 5.02 Å². The van der Waals surface area contributed by atoms with Crippen LogP contribution in [0.15, 0.2) is 41.3 Å². The average molecular weight is 493 g/mol. The van der Waals surface area contributed by atoms with Crippen LogP contribution in [-0.4, -0.2) is 41.7 Å². The second-order valence-corrected chi connectivity index (χ2v) is 8.59. The second-order valence-electron chi connectivity index (χ2n) is 7.19. The number of anilines is 1. The highest BCUT2D eigenvalue weighted by atomic mass is 35.5. The number of methoxy groups -OCH3 is 1. The number of nitrogens with zero attached hydrogens (tertiary/aromatic N) is 1. The molecule has 174 valence electrons. The molecule has 1 fully saturated rings. The maximum Gasteiger partial charge on any atom is 0.294 e. The largest absolute Gasteiger partial charge is 0.493 e. The molecule has 3 amide bonds. The summed E-state index contributed by atoms with van der Waals surface area (Å²) < 4.78 is 24.5. The predicted octanol–water partition coefficient (Wildman–Crippen LogP) is 5.34. The summed E-state index contributed by atoms with van der Waals surface area (Å²) in [7, 11) is 1.52. The Morgan fingerprint density at radius 1 is 1.24 bits per heavy atom. The number of halogens is 2. The van der Waals surface area contributed by atoms with Crippen LogP contribution in [0.4, 0.5) is 14.9 Å². The molecule has 0 spiro atoms. The van der Waals surface area contributed by atoms with Gasteiger partial charge in [0.05, 0.1) is 23.1 Å². The highest BCUT2D eigenvalue weighted by Gasteiger charge is 2.36. The van der Waals surface area contributed by atoms with Crippen molar-refractivity contribution in [1.82, 2.24) is 4.90 Å². The molecule has 7 nitrogen and oxygen atoms in total. The fourth-order valence-corrected chi connectivity index (χ4v) is 3.90. The van der Waals surface area contributed by atoms with E-state index in [1.54, 1.807) is 24.3 Å². The summed E-state index contributed by atoms with van der Waals surface area (Å²) in [5.74, 6) is -0.747. The molecule has 2 aromatic carbocycles. The van der Waals surface area contributed by atoms with Gasteiger partial charge in [0.25, 0.3) is 11.1 Å². The summed E-state index contributed by atoms with van der Waals surface area (Å²) in [5, 5.41) is 1.77. The van der Waals surface area contributed by atoms with Crippen molar-refractivity contribution in [2.45, 2.75) is 26.4 Å². The van der Waals surface area contributed by atoms with Crippen molar-refractivity contribution in [3.63, 3.8) is 0 Å². The molecule has 1 aliphatic heterocycles. The van der Waals surface area contributed by atoms with E-state index in [-0.39, 0.29) is 21.7 Å². The molecule has 0 bridgehead atoms. The minimum absolute atomic E-state index is 0.0123. The average Bonchev–Trinajstić information content (AvgIpc) is 3.04. The Bertz CT molecular complexity index is 1120. The maximum atomic E-state index is 13.3. The fraction of sp³-hybridized carbons (Fsp3) is 0.261. The Labute approximate surface area is 199 Å². The van der Waals surface area contributed by atoms with Gasteiger partial charge in [-0.2, -0.15) is 0 Å². The molecule has 0 saturated carbocycles. The number of imide groups is 1. The quantitative estimate of drug-likeness (QED) is 0.501. The van der Waals surface area contributed by atoms with Crippen molar-refractivity contribution >= 4 is 52.2 Å². The lowest BCUT2D eigenvalue weighted by Gasteiger charge is -2.15. The van der Waals surface area contributed by atoms with Crippen LogP contribution < -0.4 is 14.8 Å². The number of nitrogens with one attached hydrogen (secondary N) is 1. The van der Waals surface area contributed by atoms with E-state index < -0.39 is 29.4 Å². The van der Waals surface area contributed by atoms with Crippen LogP contribution in [-0.2, 0) is 9.59 Å². The summed E-state index contributed by atoms with van der Waals surface area (Å²) in [6, 6.07) is 8.87. The van der Waals surface area contributed by atoms with Gasteiger partial charge in [0.1, 0.15) is 12.4 Å². The van der Waals surface area contributed by atoms with Gasteiger partial charge in [-0.3, -0.25) is 19.3 Å². The SMILES string of the molecule is CC[C@@H](C)Oc1ccc(/C=C2\SC(=O)N(CC(=O)Nc3ccc(F)c(Cl)c3)C2=O)cc1OC. The third-order valence-electron chi connectivity index (χ3n) is 4.77. The molecule has 0 unspecified atom stereocenters. The lowest BCUT2D eigenvalue weighted by molar-refractivity contribution is -0.127. The Hall–Kier alpha value is -3.04. The Balaban J connectivity index is 1.71. The minimum atomic E-state index is -0.623. The van der Waals surface area contributed by atoms with Crippen molar-refractivity contribution < 1.29 is 28.2 Å². The van der Waals surface area contributed by atoms with Crippen molar-refractivity contribution in [2.24, 2.45) is 0 Å². The highest BCUT2D eigenvalue weighted by molar-refractivity contribution is 8.18. The van der Waals surface area contributed by atoms with Crippen molar-refractivity contribution in [3.05, 3.63) is 57.7 Å². The normalized spacial score (nSPS) is 15.7. The molecule has 0 radical (unpaired) electrons. The van der Waals surface area contributed by atoms with Gasteiger partial charge in [-0.15, -0.1) is 0 Å². The van der Waals surface area contributed by atoms with E-state index in [4.69, 9.17) is 21.1 Å². The number of carbonyl (C=O) groups is 3. The number of benzene rings is 2. The van der Waals surface area contributed by atoms with Crippen molar-refractivity contribution in [3.8, 4) is 11.5 Å². The first-order valence-electron chi connectivity index (χ1n) is 10.1. The summed E-state index contributed by atoms with van der Waals surface area (Å²) in [4.78, 5) is 38.4. The second kappa shape index (κ2) is 10.7. The highest BCUT2D eigenvalue weighted by Crippen LogP contribution is 2.35. The van der Waals surface area contributed by atoms with E-state index in [1.165, 1.54) is 19.2 Å². The molecule has 0 aromatic heterocycles. The molecule has 1 atom stereocenters. The third-order valence-corrected chi connectivity index (χ3v) is 5.96. The Morgan fingerprint density at radius 3 is 2.67 bits per heavy atom. The number of carbonyl (C=O) groups excluding carboxylic acids is 3. The number of hydrogen-bond donors (Lipinski definition) is 1. The third kappa shape index (κ3) is 6.06. The van der Waals surface area contributed by atoms with Gasteiger partial charge >= 0.3 is 0 Å². The van der Waals surface area contributed by atoms with Gasteiger partial charge in [0.15, 0.2) is 11.5 Å². The van der Waals surface area contributed by atoms with E-state index in [9.17, 15) is 18.8 Å². The Morgan fingerprint density at radius 2 is 2.00 bits per heavy atom. The van der Waals surface area contributed by atoms with Gasteiger partial charge in [-0.25, -0.2) is 4.39 Å². The molecule has 3 rings (SSSR count). The molecule has 1 heterocycles. The lowest BCUT2D eigenvalue weighted by Crippen LogP contribution is -2.36. The predicted molar refractivity (Wildman–Crippen MR) is 126 cm³/mol. The minimum Gasteiger partial charge on any atom is -0.493 e. The number of rotatable bonds is 8. The standard InChI is InChI=1S/C23H22ClFN2O5S/c1-4-13(2)32-18-8-5-14(9-19(18)31-3)10-20-22(29)27(23(30)33-20)12-21(28)26-15-6-7-17(25)16(24)11-15/h5-11,13H,4,12H2,1-3H3,(H,26,28)/b20-10-/t13-/m1/s1. The van der Waals surface area contributed by atoms with Crippen LogP contribution in [0.25, 0.3) is 6.08 Å². The summed E-state index contributed by atoms with van der Waals surface area (Å²) in [6.45, 7) is 3.48. The number of ether oxygens (including phenoxy) is 2. The first kappa shape index (κ1) is 24.6. The number of amides is 3. The Kier molecular flexibility index (Phi) is 7.99. The zero-order chi connectivity index (χ0) is 24.1. The molecular weight excluding hydrogens is 471 g/mol. The molecule has 1 N–H and O–H groups in total. The van der Waals surface area contributed by atoms with Crippen LogP contribution in [0.5, 0.6) is 11.5 Å². The molecule has 2 aromatic rings. The molecular formula is C23H22ClFN2O5S. The van der Waals surface area contributed by atoms with E-state index >= 15 is 0 Å².